The van der Waals surface area contributed by atoms with Crippen molar-refractivity contribution < 1.29 is 0 Å². The molecule has 3 nitrogen and oxygen atoms in total. The number of anilines is 3. The van der Waals surface area contributed by atoms with Gasteiger partial charge in [0.2, 0.25) is 0 Å². The summed E-state index contributed by atoms with van der Waals surface area (Å²) in [6.07, 6.45) is 3.66. The van der Waals surface area contributed by atoms with Crippen LogP contribution in [0.15, 0.2) is 67.0 Å². The van der Waals surface area contributed by atoms with Crippen LogP contribution in [0.4, 0.5) is 17.3 Å². The normalized spacial score (nSPS) is 11.1. The van der Waals surface area contributed by atoms with E-state index in [1.54, 1.807) is 0 Å². The Hall–Kier alpha value is -2.68. The van der Waals surface area contributed by atoms with Gasteiger partial charge in [0.25, 0.3) is 0 Å². The SMILES string of the molecule is CC(C)c1cccc(C(C)C)c1N(c1ccccn1)c1ccccn1. The third kappa shape index (κ3) is 3.55. The molecule has 3 rings (SSSR count). The number of para-hydroxylation sites is 1. The predicted octanol–water partition coefficient (Wildman–Crippen LogP) is 6.19. The van der Waals surface area contributed by atoms with Gasteiger partial charge in [-0.1, -0.05) is 58.0 Å². The summed E-state index contributed by atoms with van der Waals surface area (Å²) in [5.74, 6) is 2.58. The van der Waals surface area contributed by atoms with Gasteiger partial charge in [-0.3, -0.25) is 4.90 Å². The molecule has 0 saturated carbocycles. The Bertz CT molecular complexity index is 745. The summed E-state index contributed by atoms with van der Waals surface area (Å²) in [7, 11) is 0. The largest absolute Gasteiger partial charge is 0.278 e. The highest BCUT2D eigenvalue weighted by Crippen LogP contribution is 2.41. The van der Waals surface area contributed by atoms with E-state index >= 15 is 0 Å². The Morgan fingerprint density at radius 1 is 0.640 bits per heavy atom. The van der Waals surface area contributed by atoms with E-state index in [1.807, 2.05) is 48.8 Å². The summed E-state index contributed by atoms with van der Waals surface area (Å²) < 4.78 is 0. The molecule has 0 aliphatic carbocycles. The molecule has 0 aliphatic heterocycles. The van der Waals surface area contributed by atoms with Crippen molar-refractivity contribution in [3.63, 3.8) is 0 Å². The van der Waals surface area contributed by atoms with Gasteiger partial charge in [0.1, 0.15) is 11.6 Å². The molecule has 0 amide bonds. The molecule has 3 heteroatoms. The molecule has 3 aromatic rings. The lowest BCUT2D eigenvalue weighted by Crippen LogP contribution is -2.17. The minimum absolute atomic E-state index is 0.406. The first-order valence-electron chi connectivity index (χ1n) is 8.84. The standard InChI is InChI=1S/C22H25N3/c1-16(2)18-10-9-11-19(17(3)4)22(18)25(20-12-5-7-14-23-20)21-13-6-8-15-24-21/h5-17H,1-4H3. The summed E-state index contributed by atoms with van der Waals surface area (Å²) in [4.78, 5) is 11.4. The van der Waals surface area contributed by atoms with Crippen LogP contribution in [0.5, 0.6) is 0 Å². The maximum atomic E-state index is 4.62. The molecule has 2 heterocycles. The minimum Gasteiger partial charge on any atom is -0.278 e. The van der Waals surface area contributed by atoms with Gasteiger partial charge >= 0.3 is 0 Å². The maximum Gasteiger partial charge on any atom is 0.138 e. The van der Waals surface area contributed by atoms with Crippen molar-refractivity contribution in [1.82, 2.24) is 9.97 Å². The fraction of sp³-hybridized carbons (Fsp3) is 0.273. The number of rotatable bonds is 5. The average molecular weight is 331 g/mol. The Labute approximate surface area is 150 Å². The van der Waals surface area contributed by atoms with Crippen molar-refractivity contribution in [3.8, 4) is 0 Å². The summed E-state index contributed by atoms with van der Waals surface area (Å²) in [5.41, 5.74) is 3.81. The highest BCUT2D eigenvalue weighted by molar-refractivity contribution is 5.77. The molecule has 128 valence electrons. The molecular weight excluding hydrogens is 306 g/mol. The number of pyridine rings is 2. The fourth-order valence-corrected chi connectivity index (χ4v) is 3.09. The minimum atomic E-state index is 0.406. The van der Waals surface area contributed by atoms with Gasteiger partial charge in [0, 0.05) is 12.4 Å². The molecule has 0 radical (unpaired) electrons. The van der Waals surface area contributed by atoms with Crippen molar-refractivity contribution in [3.05, 3.63) is 78.1 Å². The second-order valence-corrected chi connectivity index (χ2v) is 6.81. The van der Waals surface area contributed by atoms with Gasteiger partial charge in [-0.15, -0.1) is 0 Å². The second-order valence-electron chi connectivity index (χ2n) is 6.81. The van der Waals surface area contributed by atoms with Crippen LogP contribution in [0.2, 0.25) is 0 Å². The second kappa shape index (κ2) is 7.47. The first-order valence-corrected chi connectivity index (χ1v) is 8.84. The van der Waals surface area contributed by atoms with E-state index in [0.717, 1.165) is 11.6 Å². The van der Waals surface area contributed by atoms with Crippen LogP contribution in [0.3, 0.4) is 0 Å². The van der Waals surface area contributed by atoms with Crippen LogP contribution >= 0.6 is 0 Å². The Morgan fingerprint density at radius 2 is 1.12 bits per heavy atom. The van der Waals surface area contributed by atoms with E-state index in [-0.39, 0.29) is 0 Å². The average Bonchev–Trinajstić information content (AvgIpc) is 2.63. The van der Waals surface area contributed by atoms with Gasteiger partial charge in [-0.25, -0.2) is 9.97 Å². The lowest BCUT2D eigenvalue weighted by Gasteiger charge is -2.30. The topological polar surface area (TPSA) is 29.0 Å². The first kappa shape index (κ1) is 17.2. The quantitative estimate of drug-likeness (QED) is 0.558. The number of nitrogens with zero attached hydrogens (tertiary/aromatic N) is 3. The highest BCUT2D eigenvalue weighted by Gasteiger charge is 2.23. The zero-order valence-corrected chi connectivity index (χ0v) is 15.3. The summed E-state index contributed by atoms with van der Waals surface area (Å²) in [5, 5.41) is 0. The number of hydrogen-bond donors (Lipinski definition) is 0. The lowest BCUT2D eigenvalue weighted by molar-refractivity contribution is 0.828. The highest BCUT2D eigenvalue weighted by atomic mass is 15.2. The fourth-order valence-electron chi connectivity index (χ4n) is 3.09. The van der Waals surface area contributed by atoms with Gasteiger partial charge in [-0.05, 0) is 47.2 Å². The predicted molar refractivity (Wildman–Crippen MR) is 105 cm³/mol. The van der Waals surface area contributed by atoms with Gasteiger partial charge in [-0.2, -0.15) is 0 Å². The Morgan fingerprint density at radius 3 is 1.48 bits per heavy atom. The summed E-state index contributed by atoms with van der Waals surface area (Å²) >= 11 is 0. The van der Waals surface area contributed by atoms with E-state index in [1.165, 1.54) is 16.8 Å². The van der Waals surface area contributed by atoms with Crippen LogP contribution in [0, 0.1) is 0 Å². The van der Waals surface area contributed by atoms with Crippen LogP contribution in [-0.4, -0.2) is 9.97 Å². The van der Waals surface area contributed by atoms with Crippen LogP contribution in [-0.2, 0) is 0 Å². The molecule has 0 spiro atoms. The molecule has 0 bridgehead atoms. The molecule has 0 N–H and O–H groups in total. The zero-order valence-electron chi connectivity index (χ0n) is 15.3. The van der Waals surface area contributed by atoms with Crippen molar-refractivity contribution >= 4 is 17.3 Å². The van der Waals surface area contributed by atoms with Crippen LogP contribution in [0.1, 0.15) is 50.7 Å². The van der Waals surface area contributed by atoms with Gasteiger partial charge in [0.05, 0.1) is 5.69 Å². The molecule has 2 aromatic heterocycles. The lowest BCUT2D eigenvalue weighted by atomic mass is 9.91. The number of benzene rings is 1. The summed E-state index contributed by atoms with van der Waals surface area (Å²) in [6.45, 7) is 8.94. The molecule has 1 aromatic carbocycles. The van der Waals surface area contributed by atoms with E-state index < -0.39 is 0 Å². The van der Waals surface area contributed by atoms with Gasteiger partial charge < -0.3 is 0 Å². The van der Waals surface area contributed by atoms with E-state index in [2.05, 4.69) is 60.8 Å². The molecule has 0 aliphatic rings. The molecule has 25 heavy (non-hydrogen) atoms. The maximum absolute atomic E-state index is 4.62. The van der Waals surface area contributed by atoms with E-state index in [0.29, 0.717) is 11.8 Å². The van der Waals surface area contributed by atoms with Crippen LogP contribution < -0.4 is 4.90 Å². The van der Waals surface area contributed by atoms with Crippen molar-refractivity contribution in [2.45, 2.75) is 39.5 Å². The molecule has 0 fully saturated rings. The molecule has 0 unspecified atom stereocenters. The van der Waals surface area contributed by atoms with E-state index in [9.17, 15) is 0 Å². The smallest absolute Gasteiger partial charge is 0.138 e. The van der Waals surface area contributed by atoms with Gasteiger partial charge in [0.15, 0.2) is 0 Å². The summed E-state index contributed by atoms with van der Waals surface area (Å²) in [6, 6.07) is 18.6. The van der Waals surface area contributed by atoms with E-state index in [4.69, 9.17) is 0 Å². The van der Waals surface area contributed by atoms with Crippen molar-refractivity contribution in [2.24, 2.45) is 0 Å². The molecule has 0 saturated heterocycles. The third-order valence-electron chi connectivity index (χ3n) is 4.32. The Balaban J connectivity index is 2.31. The monoisotopic (exact) mass is 331 g/mol. The number of aromatic nitrogens is 2. The Kier molecular flexibility index (Phi) is 5.13. The molecule has 0 atom stereocenters. The van der Waals surface area contributed by atoms with Crippen molar-refractivity contribution in [2.75, 3.05) is 4.90 Å². The van der Waals surface area contributed by atoms with Crippen LogP contribution in [0.25, 0.3) is 0 Å². The number of hydrogen-bond acceptors (Lipinski definition) is 3. The molecular formula is C22H25N3. The van der Waals surface area contributed by atoms with Crippen molar-refractivity contribution in [1.29, 1.82) is 0 Å². The zero-order chi connectivity index (χ0) is 17.8. The first-order chi connectivity index (χ1) is 12.1. The third-order valence-corrected chi connectivity index (χ3v) is 4.32.